The summed E-state index contributed by atoms with van der Waals surface area (Å²) in [6.07, 6.45) is 3.74. The van der Waals surface area contributed by atoms with Crippen LogP contribution >= 0.6 is 0 Å². The highest BCUT2D eigenvalue weighted by Crippen LogP contribution is 1.86. The van der Waals surface area contributed by atoms with Crippen LogP contribution in [0.5, 0.6) is 0 Å². The van der Waals surface area contributed by atoms with Crippen molar-refractivity contribution in [3.8, 4) is 0 Å². The fraction of sp³-hybridized carbons (Fsp3) is 1.00. The fourth-order valence-electron chi connectivity index (χ4n) is 1.72. The van der Waals surface area contributed by atoms with Gasteiger partial charge in [0.2, 0.25) is 0 Å². The molecule has 0 radical (unpaired) electrons. The maximum Gasteiger partial charge on any atom is 0.0108 e. The highest BCUT2D eigenvalue weighted by Gasteiger charge is 2.02. The number of nitrogens with zero attached hydrogens (tertiary/aromatic N) is 1. The molecule has 4 N–H and O–H groups in total. The molecule has 4 heteroatoms. The average molecular weight is 244 g/mol. The summed E-state index contributed by atoms with van der Waals surface area (Å²) in [4.78, 5) is 2.43. The van der Waals surface area contributed by atoms with Crippen molar-refractivity contribution in [2.75, 3.05) is 52.4 Å². The minimum absolute atomic E-state index is 0.753. The smallest absolute Gasteiger partial charge is 0.0108 e. The number of hydrogen-bond donors (Lipinski definition) is 3. The molecule has 0 aromatic carbocycles. The van der Waals surface area contributed by atoms with Crippen LogP contribution in [0.3, 0.4) is 0 Å². The van der Waals surface area contributed by atoms with Gasteiger partial charge in [-0.25, -0.2) is 0 Å². The van der Waals surface area contributed by atoms with E-state index in [1.165, 1.54) is 19.3 Å². The van der Waals surface area contributed by atoms with Crippen LogP contribution in [-0.4, -0.2) is 57.3 Å². The highest BCUT2D eigenvalue weighted by molar-refractivity contribution is 4.62. The molecular formula is C13H32N4. The number of unbranched alkanes of at least 4 members (excludes halogenated alkanes) is 1. The van der Waals surface area contributed by atoms with E-state index < -0.39 is 0 Å². The van der Waals surface area contributed by atoms with Crippen LogP contribution in [0, 0.1) is 0 Å². The van der Waals surface area contributed by atoms with Gasteiger partial charge < -0.3 is 16.4 Å². The van der Waals surface area contributed by atoms with E-state index in [9.17, 15) is 0 Å². The van der Waals surface area contributed by atoms with Crippen molar-refractivity contribution >= 4 is 0 Å². The van der Waals surface area contributed by atoms with E-state index in [2.05, 4.69) is 29.4 Å². The van der Waals surface area contributed by atoms with E-state index in [1.54, 1.807) is 0 Å². The molecule has 0 fully saturated rings. The predicted molar refractivity (Wildman–Crippen MR) is 76.4 cm³/mol. The SMILES string of the molecule is CCCCNCCN(CCN)CCNCCC. The molecule has 0 bridgehead atoms. The van der Waals surface area contributed by atoms with Gasteiger partial charge in [0, 0.05) is 39.3 Å². The van der Waals surface area contributed by atoms with Gasteiger partial charge in [-0.05, 0) is 25.9 Å². The summed E-state index contributed by atoms with van der Waals surface area (Å²) < 4.78 is 0. The number of nitrogens with one attached hydrogen (secondary N) is 2. The number of rotatable bonds is 13. The fourth-order valence-corrected chi connectivity index (χ4v) is 1.72. The molecule has 0 aliphatic carbocycles. The third kappa shape index (κ3) is 12.1. The van der Waals surface area contributed by atoms with Crippen molar-refractivity contribution in [3.63, 3.8) is 0 Å². The second-order valence-electron chi connectivity index (χ2n) is 4.48. The van der Waals surface area contributed by atoms with Gasteiger partial charge in [0.1, 0.15) is 0 Å². The first-order valence-corrected chi connectivity index (χ1v) is 7.19. The first kappa shape index (κ1) is 16.8. The van der Waals surface area contributed by atoms with Crippen molar-refractivity contribution in [2.24, 2.45) is 5.73 Å². The van der Waals surface area contributed by atoms with Crippen LogP contribution in [0.25, 0.3) is 0 Å². The Balaban J connectivity index is 3.45. The molecular weight excluding hydrogens is 212 g/mol. The van der Waals surface area contributed by atoms with E-state index >= 15 is 0 Å². The molecule has 0 saturated heterocycles. The van der Waals surface area contributed by atoms with Gasteiger partial charge in [-0.15, -0.1) is 0 Å². The summed E-state index contributed by atoms with van der Waals surface area (Å²) >= 11 is 0. The largest absolute Gasteiger partial charge is 0.329 e. The molecule has 0 amide bonds. The van der Waals surface area contributed by atoms with Gasteiger partial charge in [0.15, 0.2) is 0 Å². The minimum atomic E-state index is 0.753. The number of nitrogens with two attached hydrogens (primary N) is 1. The Kier molecular flexibility index (Phi) is 13.8. The van der Waals surface area contributed by atoms with Gasteiger partial charge in [-0.2, -0.15) is 0 Å². The van der Waals surface area contributed by atoms with E-state index in [0.717, 1.165) is 52.4 Å². The monoisotopic (exact) mass is 244 g/mol. The van der Waals surface area contributed by atoms with Crippen molar-refractivity contribution in [3.05, 3.63) is 0 Å². The maximum absolute atomic E-state index is 5.63. The third-order valence-corrected chi connectivity index (χ3v) is 2.79. The second-order valence-corrected chi connectivity index (χ2v) is 4.48. The normalized spacial score (nSPS) is 11.3. The lowest BCUT2D eigenvalue weighted by Gasteiger charge is -2.21. The van der Waals surface area contributed by atoms with Gasteiger partial charge in [0.25, 0.3) is 0 Å². The predicted octanol–water partition coefficient (Wildman–Crippen LogP) is 0.636. The number of hydrogen-bond acceptors (Lipinski definition) is 4. The quantitative estimate of drug-likeness (QED) is 0.416. The lowest BCUT2D eigenvalue weighted by Crippen LogP contribution is -2.39. The topological polar surface area (TPSA) is 53.3 Å². The Labute approximate surface area is 107 Å². The standard InChI is InChI=1S/C13H32N4/c1-3-5-8-16-10-13-17(11-6-14)12-9-15-7-4-2/h15-16H,3-14H2,1-2H3. The molecule has 0 aromatic heterocycles. The lowest BCUT2D eigenvalue weighted by molar-refractivity contribution is 0.279. The minimum Gasteiger partial charge on any atom is -0.329 e. The zero-order valence-electron chi connectivity index (χ0n) is 11.8. The first-order valence-electron chi connectivity index (χ1n) is 7.19. The average Bonchev–Trinajstić information content (AvgIpc) is 2.34. The molecule has 4 nitrogen and oxygen atoms in total. The maximum atomic E-state index is 5.63. The van der Waals surface area contributed by atoms with Crippen LogP contribution in [0.15, 0.2) is 0 Å². The third-order valence-electron chi connectivity index (χ3n) is 2.79. The Morgan fingerprint density at radius 3 is 2.00 bits per heavy atom. The van der Waals surface area contributed by atoms with E-state index in [-0.39, 0.29) is 0 Å². The second kappa shape index (κ2) is 13.9. The molecule has 0 saturated carbocycles. The van der Waals surface area contributed by atoms with Crippen molar-refractivity contribution in [1.29, 1.82) is 0 Å². The van der Waals surface area contributed by atoms with E-state index in [4.69, 9.17) is 5.73 Å². The van der Waals surface area contributed by atoms with Crippen LogP contribution in [0.4, 0.5) is 0 Å². The van der Waals surface area contributed by atoms with Gasteiger partial charge in [-0.1, -0.05) is 20.3 Å². The summed E-state index contributed by atoms with van der Waals surface area (Å²) in [7, 11) is 0. The summed E-state index contributed by atoms with van der Waals surface area (Å²) in [6.45, 7) is 12.8. The molecule has 0 aliphatic rings. The highest BCUT2D eigenvalue weighted by atomic mass is 15.2. The van der Waals surface area contributed by atoms with Crippen LogP contribution in [0.2, 0.25) is 0 Å². The van der Waals surface area contributed by atoms with E-state index in [0.29, 0.717) is 0 Å². The molecule has 0 rings (SSSR count). The summed E-state index contributed by atoms with van der Waals surface area (Å²) in [6, 6.07) is 0. The Morgan fingerprint density at radius 1 is 0.824 bits per heavy atom. The van der Waals surface area contributed by atoms with Gasteiger partial charge in [-0.3, -0.25) is 4.90 Å². The zero-order valence-corrected chi connectivity index (χ0v) is 11.8. The van der Waals surface area contributed by atoms with Crippen LogP contribution < -0.4 is 16.4 Å². The molecule has 0 heterocycles. The van der Waals surface area contributed by atoms with Crippen molar-refractivity contribution in [1.82, 2.24) is 15.5 Å². The summed E-state index contributed by atoms with van der Waals surface area (Å²) in [5.41, 5.74) is 5.63. The molecule has 0 aromatic rings. The van der Waals surface area contributed by atoms with Crippen molar-refractivity contribution < 1.29 is 0 Å². The molecule has 0 spiro atoms. The summed E-state index contributed by atoms with van der Waals surface area (Å²) in [5.74, 6) is 0. The van der Waals surface area contributed by atoms with Crippen LogP contribution in [0.1, 0.15) is 33.1 Å². The molecule has 104 valence electrons. The first-order chi connectivity index (χ1) is 8.35. The molecule has 0 atom stereocenters. The Bertz CT molecular complexity index is 141. The molecule has 0 unspecified atom stereocenters. The van der Waals surface area contributed by atoms with Crippen molar-refractivity contribution in [2.45, 2.75) is 33.1 Å². The lowest BCUT2D eigenvalue weighted by atomic mass is 10.3. The Hall–Kier alpha value is -0.160. The molecule has 0 aliphatic heterocycles. The van der Waals surface area contributed by atoms with E-state index in [1.807, 2.05) is 0 Å². The van der Waals surface area contributed by atoms with Gasteiger partial charge >= 0.3 is 0 Å². The van der Waals surface area contributed by atoms with Crippen LogP contribution in [-0.2, 0) is 0 Å². The Morgan fingerprint density at radius 2 is 1.47 bits per heavy atom. The zero-order chi connectivity index (χ0) is 12.8. The summed E-state index contributed by atoms with van der Waals surface area (Å²) in [5, 5.41) is 6.91. The molecule has 17 heavy (non-hydrogen) atoms. The van der Waals surface area contributed by atoms with Gasteiger partial charge in [0.05, 0.1) is 0 Å².